The maximum atomic E-state index is 12.1. The summed E-state index contributed by atoms with van der Waals surface area (Å²) in [6.45, 7) is 1.87. The van der Waals surface area contributed by atoms with Crippen LogP contribution >= 0.6 is 0 Å². The van der Waals surface area contributed by atoms with E-state index in [1.807, 2.05) is 6.92 Å². The lowest BCUT2D eigenvalue weighted by molar-refractivity contribution is 0.111. The largest absolute Gasteiger partial charge is 0.326 e. The van der Waals surface area contributed by atoms with Crippen LogP contribution in [-0.4, -0.2) is 24.7 Å². The van der Waals surface area contributed by atoms with E-state index in [-0.39, 0.29) is 15.7 Å². The second-order valence-corrected chi connectivity index (χ2v) is 5.44. The number of carbonyl (C=O) groups is 1. The molecule has 17 heavy (non-hydrogen) atoms. The first-order valence-corrected chi connectivity index (χ1v) is 6.34. The minimum absolute atomic E-state index is 0.135. The van der Waals surface area contributed by atoms with E-state index in [0.717, 1.165) is 5.56 Å². The zero-order chi connectivity index (χ0) is 12.5. The first kappa shape index (κ1) is 11.5. The molecule has 0 fully saturated rings. The van der Waals surface area contributed by atoms with Gasteiger partial charge in [-0.25, -0.2) is 13.4 Å². The molecule has 88 valence electrons. The molecule has 0 atom stereocenters. The molecule has 0 bridgehead atoms. The SMILES string of the molecule is Cc1ccc(S(=O)(=O)c2ncc(C=O)[nH]2)cc1. The van der Waals surface area contributed by atoms with Crippen molar-refractivity contribution in [1.82, 2.24) is 9.97 Å². The number of nitrogens with one attached hydrogen (secondary N) is 1. The highest BCUT2D eigenvalue weighted by atomic mass is 32.2. The summed E-state index contributed by atoms with van der Waals surface area (Å²) in [4.78, 5) is 16.7. The van der Waals surface area contributed by atoms with E-state index in [1.165, 1.54) is 18.3 Å². The van der Waals surface area contributed by atoms with Gasteiger partial charge in [0.15, 0.2) is 6.29 Å². The first-order valence-electron chi connectivity index (χ1n) is 4.86. The molecule has 0 saturated carbocycles. The van der Waals surface area contributed by atoms with E-state index in [9.17, 15) is 13.2 Å². The molecule has 0 unspecified atom stereocenters. The fraction of sp³-hybridized carbons (Fsp3) is 0.0909. The number of rotatable bonds is 3. The summed E-state index contributed by atoms with van der Waals surface area (Å²) in [5, 5.41) is -0.219. The van der Waals surface area contributed by atoms with Gasteiger partial charge in [-0.05, 0) is 19.1 Å². The van der Waals surface area contributed by atoms with Gasteiger partial charge >= 0.3 is 0 Å². The number of sulfone groups is 1. The van der Waals surface area contributed by atoms with Gasteiger partial charge in [0.1, 0.15) is 0 Å². The Labute approximate surface area is 98.4 Å². The fourth-order valence-corrected chi connectivity index (χ4v) is 2.50. The number of nitrogens with zero attached hydrogens (tertiary/aromatic N) is 1. The van der Waals surface area contributed by atoms with Gasteiger partial charge in [-0.2, -0.15) is 0 Å². The van der Waals surface area contributed by atoms with Crippen LogP contribution in [-0.2, 0) is 9.84 Å². The van der Waals surface area contributed by atoms with Gasteiger partial charge in [-0.3, -0.25) is 4.79 Å². The fourth-order valence-electron chi connectivity index (χ4n) is 1.34. The van der Waals surface area contributed by atoms with Crippen molar-refractivity contribution < 1.29 is 13.2 Å². The van der Waals surface area contributed by atoms with Crippen LogP contribution in [0, 0.1) is 6.92 Å². The van der Waals surface area contributed by atoms with Crippen LogP contribution in [0.3, 0.4) is 0 Å². The monoisotopic (exact) mass is 250 g/mol. The van der Waals surface area contributed by atoms with E-state index in [4.69, 9.17) is 0 Å². The van der Waals surface area contributed by atoms with Gasteiger partial charge in [-0.1, -0.05) is 17.7 Å². The topological polar surface area (TPSA) is 79.9 Å². The number of hydrogen-bond donors (Lipinski definition) is 1. The molecule has 2 rings (SSSR count). The Bertz CT molecular complexity index is 642. The van der Waals surface area contributed by atoms with Gasteiger partial charge < -0.3 is 4.98 Å². The first-order chi connectivity index (χ1) is 8.04. The highest BCUT2D eigenvalue weighted by Gasteiger charge is 2.20. The van der Waals surface area contributed by atoms with Crippen molar-refractivity contribution >= 4 is 16.1 Å². The lowest BCUT2D eigenvalue weighted by Crippen LogP contribution is -2.04. The summed E-state index contributed by atoms with van der Waals surface area (Å²) < 4.78 is 24.1. The molecule has 0 aliphatic rings. The summed E-state index contributed by atoms with van der Waals surface area (Å²) in [6.07, 6.45) is 1.70. The summed E-state index contributed by atoms with van der Waals surface area (Å²) in [5.41, 5.74) is 1.10. The van der Waals surface area contributed by atoms with E-state index in [2.05, 4.69) is 9.97 Å². The Balaban J connectivity index is 2.49. The van der Waals surface area contributed by atoms with Gasteiger partial charge in [0.05, 0.1) is 16.8 Å². The number of aryl methyl sites for hydroxylation is 1. The molecule has 5 nitrogen and oxygen atoms in total. The van der Waals surface area contributed by atoms with Crippen LogP contribution in [0.5, 0.6) is 0 Å². The smallest absolute Gasteiger partial charge is 0.239 e. The van der Waals surface area contributed by atoms with E-state index in [1.54, 1.807) is 12.1 Å². The van der Waals surface area contributed by atoms with Gasteiger partial charge in [0.2, 0.25) is 15.0 Å². The Morgan fingerprint density at radius 1 is 1.24 bits per heavy atom. The predicted octanol–water partition coefficient (Wildman–Crippen LogP) is 1.36. The molecular weight excluding hydrogens is 240 g/mol. The molecule has 0 spiro atoms. The van der Waals surface area contributed by atoms with Crippen molar-refractivity contribution in [3.05, 3.63) is 41.7 Å². The average Bonchev–Trinajstić information content (AvgIpc) is 2.78. The standard InChI is InChI=1S/C11H10N2O3S/c1-8-2-4-10(5-3-8)17(15,16)11-12-6-9(7-14)13-11/h2-7H,1H3,(H,12,13). The zero-order valence-electron chi connectivity index (χ0n) is 9.04. The van der Waals surface area contributed by atoms with E-state index < -0.39 is 9.84 Å². The Hall–Kier alpha value is -1.95. The summed E-state index contributed by atoms with van der Waals surface area (Å²) >= 11 is 0. The number of hydrogen-bond acceptors (Lipinski definition) is 4. The highest BCUT2D eigenvalue weighted by molar-refractivity contribution is 7.91. The Morgan fingerprint density at radius 2 is 1.88 bits per heavy atom. The second-order valence-electron chi connectivity index (χ2n) is 3.58. The van der Waals surface area contributed by atoms with Crippen LogP contribution in [0.1, 0.15) is 16.1 Å². The van der Waals surface area contributed by atoms with Crippen molar-refractivity contribution in [3.8, 4) is 0 Å². The number of aromatic nitrogens is 2. The molecule has 1 N–H and O–H groups in total. The molecule has 0 aliphatic heterocycles. The van der Waals surface area contributed by atoms with E-state index >= 15 is 0 Å². The third kappa shape index (κ3) is 2.12. The van der Waals surface area contributed by atoms with Crippen LogP contribution < -0.4 is 0 Å². The van der Waals surface area contributed by atoms with Crippen LogP contribution in [0.2, 0.25) is 0 Å². The molecule has 6 heteroatoms. The maximum absolute atomic E-state index is 12.1. The normalized spacial score (nSPS) is 11.4. The predicted molar refractivity (Wildman–Crippen MR) is 60.6 cm³/mol. The van der Waals surface area contributed by atoms with E-state index in [0.29, 0.717) is 6.29 Å². The summed E-state index contributed by atoms with van der Waals surface area (Å²) in [5.74, 6) is 0. The maximum Gasteiger partial charge on any atom is 0.239 e. The van der Waals surface area contributed by atoms with Gasteiger partial charge in [0.25, 0.3) is 0 Å². The molecule has 2 aromatic rings. The summed E-state index contributed by atoms with van der Waals surface area (Å²) in [6, 6.07) is 6.43. The number of imidazole rings is 1. The molecule has 1 aromatic heterocycles. The molecule has 0 radical (unpaired) electrons. The number of benzene rings is 1. The van der Waals surface area contributed by atoms with Gasteiger partial charge in [0, 0.05) is 0 Å². The number of carbonyl (C=O) groups excluding carboxylic acids is 1. The lowest BCUT2D eigenvalue weighted by Gasteiger charge is -2.01. The highest BCUT2D eigenvalue weighted by Crippen LogP contribution is 2.18. The lowest BCUT2D eigenvalue weighted by atomic mass is 10.2. The molecule has 0 amide bonds. The molecule has 1 heterocycles. The van der Waals surface area contributed by atoms with Crippen LogP contribution in [0.15, 0.2) is 40.5 Å². The summed E-state index contributed by atoms with van der Waals surface area (Å²) in [7, 11) is -3.67. The number of aromatic amines is 1. The third-order valence-electron chi connectivity index (χ3n) is 2.28. The number of H-pyrrole nitrogens is 1. The number of aldehydes is 1. The van der Waals surface area contributed by atoms with Crippen molar-refractivity contribution in [2.45, 2.75) is 17.0 Å². The molecule has 0 saturated heterocycles. The molecule has 0 aliphatic carbocycles. The molecular formula is C11H10N2O3S. The van der Waals surface area contributed by atoms with Crippen molar-refractivity contribution in [2.24, 2.45) is 0 Å². The minimum Gasteiger partial charge on any atom is -0.326 e. The van der Waals surface area contributed by atoms with Crippen molar-refractivity contribution in [1.29, 1.82) is 0 Å². The second kappa shape index (κ2) is 4.14. The Morgan fingerprint density at radius 3 is 2.41 bits per heavy atom. The van der Waals surface area contributed by atoms with Crippen LogP contribution in [0.4, 0.5) is 0 Å². The zero-order valence-corrected chi connectivity index (χ0v) is 9.86. The van der Waals surface area contributed by atoms with Crippen molar-refractivity contribution in [3.63, 3.8) is 0 Å². The van der Waals surface area contributed by atoms with Gasteiger partial charge in [-0.15, -0.1) is 0 Å². The average molecular weight is 250 g/mol. The van der Waals surface area contributed by atoms with Crippen LogP contribution in [0.25, 0.3) is 0 Å². The molecule has 1 aromatic carbocycles. The quantitative estimate of drug-likeness (QED) is 0.834. The van der Waals surface area contributed by atoms with Crippen molar-refractivity contribution in [2.75, 3.05) is 0 Å². The minimum atomic E-state index is -3.67. The third-order valence-corrected chi connectivity index (χ3v) is 3.89. The Kier molecular flexibility index (Phi) is 2.81.